The van der Waals surface area contributed by atoms with Gasteiger partial charge < -0.3 is 19.2 Å². The van der Waals surface area contributed by atoms with Crippen LogP contribution in [-0.4, -0.2) is 25.1 Å². The summed E-state index contributed by atoms with van der Waals surface area (Å²) in [5.41, 5.74) is 2.19. The minimum atomic E-state index is -0.835. The first-order valence-electron chi connectivity index (χ1n) is 10.1. The Balaban J connectivity index is 1.54. The van der Waals surface area contributed by atoms with Gasteiger partial charge in [0.25, 0.3) is 5.91 Å². The number of fused-ring (bicyclic) bond motifs is 2. The van der Waals surface area contributed by atoms with Gasteiger partial charge in [-0.2, -0.15) is 0 Å². The molecule has 0 saturated carbocycles. The normalized spacial score (nSPS) is 14.0. The summed E-state index contributed by atoms with van der Waals surface area (Å²) in [5, 5.41) is 4.14. The Morgan fingerprint density at radius 3 is 2.74 bits per heavy atom. The van der Waals surface area contributed by atoms with Gasteiger partial charge in [0.15, 0.2) is 6.10 Å². The third-order valence-electron chi connectivity index (χ3n) is 5.40. The summed E-state index contributed by atoms with van der Waals surface area (Å²) in [6.45, 7) is 3.45. The lowest BCUT2D eigenvalue weighted by Crippen LogP contribution is -2.30. The second-order valence-electron chi connectivity index (χ2n) is 7.56. The maximum absolute atomic E-state index is 12.8. The van der Waals surface area contributed by atoms with Crippen LogP contribution in [0.5, 0.6) is 5.75 Å². The van der Waals surface area contributed by atoms with Crippen LogP contribution in [0.15, 0.2) is 33.5 Å². The largest absolute Gasteiger partial charge is 0.481 e. The third kappa shape index (κ3) is 4.20. The Morgan fingerprint density at radius 2 is 1.97 bits per heavy atom. The highest BCUT2D eigenvalue weighted by Gasteiger charge is 2.28. The van der Waals surface area contributed by atoms with Crippen LogP contribution in [0.25, 0.3) is 11.0 Å². The Labute approximate surface area is 183 Å². The van der Waals surface area contributed by atoms with Crippen LogP contribution in [0, 0.1) is 6.92 Å². The molecule has 1 aliphatic carbocycles. The van der Waals surface area contributed by atoms with Gasteiger partial charge in [-0.15, -0.1) is 11.3 Å². The van der Waals surface area contributed by atoms with E-state index in [-0.39, 0.29) is 5.91 Å². The van der Waals surface area contributed by atoms with Crippen molar-refractivity contribution in [2.24, 2.45) is 0 Å². The van der Waals surface area contributed by atoms with Crippen LogP contribution >= 0.6 is 11.3 Å². The van der Waals surface area contributed by atoms with Gasteiger partial charge in [0, 0.05) is 22.4 Å². The van der Waals surface area contributed by atoms with E-state index in [0.717, 1.165) is 47.1 Å². The van der Waals surface area contributed by atoms with Gasteiger partial charge in [-0.3, -0.25) is 4.79 Å². The number of methoxy groups -OCH3 is 1. The van der Waals surface area contributed by atoms with Crippen molar-refractivity contribution in [3.63, 3.8) is 0 Å². The van der Waals surface area contributed by atoms with Crippen molar-refractivity contribution in [3.8, 4) is 5.75 Å². The number of hydrogen-bond acceptors (Lipinski definition) is 7. The molecule has 1 aliphatic rings. The number of nitrogens with one attached hydrogen (secondary N) is 1. The number of ether oxygens (including phenoxy) is 2. The van der Waals surface area contributed by atoms with Crippen molar-refractivity contribution in [3.05, 3.63) is 56.3 Å². The molecular formula is C23H23NO6S. The Hall–Kier alpha value is -3.13. The van der Waals surface area contributed by atoms with Gasteiger partial charge in [-0.1, -0.05) is 0 Å². The SMILES string of the molecule is COC(=O)c1c(NC(=O)C(C)Oc2ccc3c(C)cc(=O)oc3c2)sc2c1CCCC2. The molecule has 0 spiro atoms. The van der Waals surface area contributed by atoms with E-state index >= 15 is 0 Å². The zero-order valence-electron chi connectivity index (χ0n) is 17.6. The Bertz CT molecular complexity index is 1220. The summed E-state index contributed by atoms with van der Waals surface area (Å²) >= 11 is 1.42. The minimum absolute atomic E-state index is 0.380. The number of hydrogen-bond donors (Lipinski definition) is 1. The second kappa shape index (κ2) is 8.55. The highest BCUT2D eigenvalue weighted by Crippen LogP contribution is 2.38. The van der Waals surface area contributed by atoms with Crippen molar-refractivity contribution in [1.29, 1.82) is 0 Å². The second-order valence-corrected chi connectivity index (χ2v) is 8.67. The van der Waals surface area contributed by atoms with Crippen molar-refractivity contribution in [2.45, 2.75) is 45.6 Å². The maximum Gasteiger partial charge on any atom is 0.341 e. The lowest BCUT2D eigenvalue weighted by molar-refractivity contribution is -0.122. The van der Waals surface area contributed by atoms with Crippen LogP contribution in [0.2, 0.25) is 0 Å². The fourth-order valence-corrected chi connectivity index (χ4v) is 5.10. The molecule has 2 aromatic heterocycles. The first-order valence-corrected chi connectivity index (χ1v) is 10.9. The first kappa shape index (κ1) is 21.1. The van der Waals surface area contributed by atoms with Crippen molar-refractivity contribution >= 4 is 39.2 Å². The minimum Gasteiger partial charge on any atom is -0.481 e. The topological polar surface area (TPSA) is 94.8 Å². The van der Waals surface area contributed by atoms with E-state index in [9.17, 15) is 14.4 Å². The molecular weight excluding hydrogens is 418 g/mol. The van der Waals surface area contributed by atoms with Crippen LogP contribution in [0.3, 0.4) is 0 Å². The summed E-state index contributed by atoms with van der Waals surface area (Å²) in [6.07, 6.45) is 2.95. The molecule has 8 heteroatoms. The van der Waals surface area contributed by atoms with Gasteiger partial charge in [-0.25, -0.2) is 9.59 Å². The van der Waals surface area contributed by atoms with Crippen LogP contribution < -0.4 is 15.7 Å². The average Bonchev–Trinajstić information content (AvgIpc) is 3.10. The Morgan fingerprint density at radius 1 is 1.19 bits per heavy atom. The molecule has 1 amide bonds. The molecule has 0 radical (unpaired) electrons. The molecule has 162 valence electrons. The number of carbonyl (C=O) groups excluding carboxylic acids is 2. The van der Waals surface area contributed by atoms with Crippen molar-refractivity contribution < 1.29 is 23.5 Å². The van der Waals surface area contributed by atoms with Gasteiger partial charge >= 0.3 is 11.6 Å². The lowest BCUT2D eigenvalue weighted by Gasteiger charge is -2.15. The van der Waals surface area contributed by atoms with E-state index in [1.807, 2.05) is 6.92 Å². The quantitative estimate of drug-likeness (QED) is 0.470. The molecule has 1 aromatic carbocycles. The monoisotopic (exact) mass is 441 g/mol. The summed E-state index contributed by atoms with van der Waals surface area (Å²) in [5.74, 6) is -0.416. The van der Waals surface area contributed by atoms with Crippen LogP contribution in [0.4, 0.5) is 5.00 Å². The fourth-order valence-electron chi connectivity index (χ4n) is 3.82. The number of thiophene rings is 1. The van der Waals surface area contributed by atoms with Crippen molar-refractivity contribution in [1.82, 2.24) is 0 Å². The summed E-state index contributed by atoms with van der Waals surface area (Å²) in [6, 6.07) is 6.54. The van der Waals surface area contributed by atoms with Crippen LogP contribution in [0.1, 0.15) is 46.1 Å². The zero-order chi connectivity index (χ0) is 22.1. The Kier molecular flexibility index (Phi) is 5.82. The number of aryl methyl sites for hydroxylation is 2. The number of esters is 1. The molecule has 0 fully saturated rings. The summed E-state index contributed by atoms with van der Waals surface area (Å²) in [4.78, 5) is 37.9. The van der Waals surface area contributed by atoms with E-state index in [4.69, 9.17) is 13.9 Å². The molecule has 3 aromatic rings. The van der Waals surface area contributed by atoms with Gasteiger partial charge in [-0.05, 0) is 62.8 Å². The van der Waals surface area contributed by atoms with Gasteiger partial charge in [0.05, 0.1) is 12.7 Å². The zero-order valence-corrected chi connectivity index (χ0v) is 18.4. The van der Waals surface area contributed by atoms with Gasteiger partial charge in [0.1, 0.15) is 16.3 Å². The molecule has 2 heterocycles. The van der Waals surface area contributed by atoms with E-state index in [1.54, 1.807) is 25.1 Å². The molecule has 7 nitrogen and oxygen atoms in total. The molecule has 0 bridgehead atoms. The standard InChI is InChI=1S/C23H23NO6S/c1-12-10-19(25)30-17-11-14(8-9-15(12)17)29-13(2)21(26)24-22-20(23(27)28-3)16-6-4-5-7-18(16)31-22/h8-11,13H,4-7H2,1-3H3,(H,24,26). The first-order chi connectivity index (χ1) is 14.9. The molecule has 4 rings (SSSR count). The molecule has 1 unspecified atom stereocenters. The number of rotatable bonds is 5. The molecule has 0 saturated heterocycles. The number of benzene rings is 1. The summed E-state index contributed by atoms with van der Waals surface area (Å²) < 4.78 is 16.0. The van der Waals surface area contributed by atoms with E-state index in [0.29, 0.717) is 21.9 Å². The van der Waals surface area contributed by atoms with E-state index < -0.39 is 17.7 Å². The van der Waals surface area contributed by atoms with Crippen LogP contribution in [-0.2, 0) is 22.4 Å². The number of amides is 1. The average molecular weight is 442 g/mol. The highest BCUT2D eigenvalue weighted by atomic mass is 32.1. The highest BCUT2D eigenvalue weighted by molar-refractivity contribution is 7.17. The molecule has 1 N–H and O–H groups in total. The van der Waals surface area contributed by atoms with Gasteiger partial charge in [0.2, 0.25) is 0 Å². The molecule has 0 aliphatic heterocycles. The van der Waals surface area contributed by atoms with E-state index in [2.05, 4.69) is 5.32 Å². The predicted molar refractivity (Wildman–Crippen MR) is 118 cm³/mol. The third-order valence-corrected chi connectivity index (χ3v) is 6.61. The lowest BCUT2D eigenvalue weighted by atomic mass is 9.95. The molecule has 31 heavy (non-hydrogen) atoms. The maximum atomic E-state index is 12.8. The molecule has 1 atom stereocenters. The number of anilines is 1. The summed E-state index contributed by atoms with van der Waals surface area (Å²) in [7, 11) is 1.34. The smallest absolute Gasteiger partial charge is 0.341 e. The van der Waals surface area contributed by atoms with Crippen molar-refractivity contribution in [2.75, 3.05) is 12.4 Å². The number of carbonyl (C=O) groups is 2. The fraction of sp³-hybridized carbons (Fsp3) is 0.348. The predicted octanol–water partition coefficient (Wildman–Crippen LogP) is 4.23. The van der Waals surface area contributed by atoms with E-state index in [1.165, 1.54) is 24.5 Å².